The first-order valence-electron chi connectivity index (χ1n) is 7.15. The number of phenols is 1. The van der Waals surface area contributed by atoms with E-state index in [2.05, 4.69) is 4.98 Å². The molecular weight excluding hydrogens is 312 g/mol. The predicted molar refractivity (Wildman–Crippen MR) is 90.2 cm³/mol. The second-order valence-electron chi connectivity index (χ2n) is 5.38. The number of fused-ring (bicyclic) bond motifs is 1. The molecule has 0 amide bonds. The lowest BCUT2D eigenvalue weighted by molar-refractivity contribution is 0.470. The second-order valence-corrected chi connectivity index (χ2v) is 5.82. The summed E-state index contributed by atoms with van der Waals surface area (Å²) in [6.45, 7) is 1.85. The molecule has 0 radical (unpaired) electrons. The minimum atomic E-state index is 0.165. The van der Waals surface area contributed by atoms with Crippen molar-refractivity contribution >= 4 is 22.7 Å². The average Bonchev–Trinajstić information content (AvgIpc) is 3.18. The van der Waals surface area contributed by atoms with Crippen molar-refractivity contribution in [1.82, 2.24) is 9.55 Å². The summed E-state index contributed by atoms with van der Waals surface area (Å²) in [6.07, 6.45) is 3.89. The number of benzene rings is 2. The molecule has 0 saturated heterocycles. The van der Waals surface area contributed by atoms with E-state index in [0.29, 0.717) is 27.6 Å². The van der Waals surface area contributed by atoms with E-state index < -0.39 is 0 Å². The number of oxazole rings is 1. The molecule has 4 rings (SSSR count). The van der Waals surface area contributed by atoms with Crippen LogP contribution in [0.4, 0.5) is 0 Å². The van der Waals surface area contributed by atoms with Gasteiger partial charge in [0.2, 0.25) is 5.89 Å². The molecule has 5 heteroatoms. The summed E-state index contributed by atoms with van der Waals surface area (Å²) >= 11 is 5.99. The van der Waals surface area contributed by atoms with Gasteiger partial charge in [-0.2, -0.15) is 0 Å². The van der Waals surface area contributed by atoms with Gasteiger partial charge >= 0.3 is 0 Å². The molecular formula is C18H13ClN2O2. The van der Waals surface area contributed by atoms with Crippen LogP contribution < -0.4 is 0 Å². The third kappa shape index (κ3) is 2.37. The van der Waals surface area contributed by atoms with Crippen LogP contribution >= 0.6 is 11.6 Å². The maximum Gasteiger partial charge on any atom is 0.231 e. The molecule has 2 aromatic heterocycles. The number of nitrogens with zero attached hydrogens (tertiary/aromatic N) is 2. The van der Waals surface area contributed by atoms with Crippen LogP contribution in [0.25, 0.3) is 28.2 Å². The lowest BCUT2D eigenvalue weighted by Crippen LogP contribution is -1.93. The molecule has 2 heterocycles. The lowest BCUT2D eigenvalue weighted by Gasteiger charge is -2.09. The van der Waals surface area contributed by atoms with Crippen LogP contribution in [-0.2, 0) is 0 Å². The number of halogens is 1. The van der Waals surface area contributed by atoms with Gasteiger partial charge in [0.05, 0.1) is 5.56 Å². The van der Waals surface area contributed by atoms with Crippen LogP contribution in [0, 0.1) is 6.92 Å². The Bertz CT molecular complexity index is 1000. The topological polar surface area (TPSA) is 51.2 Å². The van der Waals surface area contributed by atoms with E-state index in [-0.39, 0.29) is 5.75 Å². The number of rotatable bonds is 2. The Morgan fingerprint density at radius 1 is 1.13 bits per heavy atom. The van der Waals surface area contributed by atoms with E-state index in [9.17, 15) is 5.11 Å². The summed E-state index contributed by atoms with van der Waals surface area (Å²) < 4.78 is 7.75. The van der Waals surface area contributed by atoms with Crippen LogP contribution in [0.1, 0.15) is 5.56 Å². The van der Waals surface area contributed by atoms with Gasteiger partial charge in [0.25, 0.3) is 0 Å². The molecule has 0 bridgehead atoms. The average molecular weight is 325 g/mol. The monoisotopic (exact) mass is 324 g/mol. The summed E-state index contributed by atoms with van der Waals surface area (Å²) in [5.74, 6) is 0.537. The minimum absolute atomic E-state index is 0.165. The van der Waals surface area contributed by atoms with E-state index in [1.165, 1.54) is 0 Å². The zero-order chi connectivity index (χ0) is 16.0. The SMILES string of the molecule is Cc1cc(-n2cccc2)cc(-c2nc3cc(Cl)ccc3o2)c1O. The highest BCUT2D eigenvalue weighted by Crippen LogP contribution is 2.35. The maximum absolute atomic E-state index is 10.4. The molecule has 0 saturated carbocycles. The van der Waals surface area contributed by atoms with Crippen molar-refractivity contribution in [2.24, 2.45) is 0 Å². The van der Waals surface area contributed by atoms with Crippen molar-refractivity contribution in [2.75, 3.05) is 0 Å². The minimum Gasteiger partial charge on any atom is -0.507 e. The largest absolute Gasteiger partial charge is 0.507 e. The summed E-state index contributed by atoms with van der Waals surface area (Å²) in [7, 11) is 0. The quantitative estimate of drug-likeness (QED) is 0.567. The van der Waals surface area contributed by atoms with Crippen LogP contribution in [0.3, 0.4) is 0 Å². The van der Waals surface area contributed by atoms with Gasteiger partial charge < -0.3 is 14.1 Å². The zero-order valence-electron chi connectivity index (χ0n) is 12.3. The number of aryl methyl sites for hydroxylation is 1. The van der Waals surface area contributed by atoms with Gasteiger partial charge in [0.15, 0.2) is 5.58 Å². The molecule has 0 aliphatic heterocycles. The molecule has 4 aromatic rings. The van der Waals surface area contributed by atoms with Crippen molar-refractivity contribution in [1.29, 1.82) is 0 Å². The van der Waals surface area contributed by atoms with Gasteiger partial charge in [-0.3, -0.25) is 0 Å². The molecule has 0 aliphatic carbocycles. The molecule has 0 fully saturated rings. The Balaban J connectivity index is 1.92. The van der Waals surface area contributed by atoms with Crippen molar-refractivity contribution < 1.29 is 9.52 Å². The first-order chi connectivity index (χ1) is 11.1. The standard InChI is InChI=1S/C18H13ClN2O2/c1-11-8-13(21-6-2-3-7-21)10-14(17(11)22)18-20-15-9-12(19)4-5-16(15)23-18/h2-10,22H,1H3. The highest BCUT2D eigenvalue weighted by Gasteiger charge is 2.16. The maximum atomic E-state index is 10.4. The van der Waals surface area contributed by atoms with Crippen LogP contribution in [0.15, 0.2) is 59.3 Å². The molecule has 23 heavy (non-hydrogen) atoms. The fourth-order valence-corrected chi connectivity index (χ4v) is 2.76. The molecule has 114 valence electrons. The molecule has 0 spiro atoms. The fraction of sp³-hybridized carbons (Fsp3) is 0.0556. The van der Waals surface area contributed by atoms with Crippen LogP contribution in [0.2, 0.25) is 5.02 Å². The molecule has 4 nitrogen and oxygen atoms in total. The Hall–Kier alpha value is -2.72. The Labute approximate surface area is 137 Å². The molecule has 0 atom stereocenters. The second kappa shape index (κ2) is 5.18. The van der Waals surface area contributed by atoms with Crippen molar-refractivity contribution in [3.8, 4) is 22.9 Å². The molecule has 2 aromatic carbocycles. The van der Waals surface area contributed by atoms with Gasteiger partial charge in [-0.05, 0) is 55.0 Å². The van der Waals surface area contributed by atoms with Gasteiger partial charge in [0, 0.05) is 23.1 Å². The van der Waals surface area contributed by atoms with E-state index in [0.717, 1.165) is 11.3 Å². The van der Waals surface area contributed by atoms with Crippen molar-refractivity contribution in [3.63, 3.8) is 0 Å². The Morgan fingerprint density at radius 2 is 1.91 bits per heavy atom. The number of hydrogen-bond donors (Lipinski definition) is 1. The summed E-state index contributed by atoms with van der Waals surface area (Å²) in [4.78, 5) is 4.45. The van der Waals surface area contributed by atoms with Gasteiger partial charge in [-0.1, -0.05) is 11.6 Å². The smallest absolute Gasteiger partial charge is 0.231 e. The summed E-state index contributed by atoms with van der Waals surface area (Å²) in [6, 6.07) is 12.9. The Kier molecular flexibility index (Phi) is 3.13. The number of hydrogen-bond acceptors (Lipinski definition) is 3. The molecule has 1 N–H and O–H groups in total. The number of aromatic hydroxyl groups is 1. The van der Waals surface area contributed by atoms with Crippen LogP contribution in [-0.4, -0.2) is 14.7 Å². The third-order valence-electron chi connectivity index (χ3n) is 3.77. The van der Waals surface area contributed by atoms with Crippen LogP contribution in [0.5, 0.6) is 5.75 Å². The van der Waals surface area contributed by atoms with Crippen molar-refractivity contribution in [2.45, 2.75) is 6.92 Å². The van der Waals surface area contributed by atoms with E-state index in [1.807, 2.05) is 48.1 Å². The highest BCUT2D eigenvalue weighted by molar-refractivity contribution is 6.31. The summed E-state index contributed by atoms with van der Waals surface area (Å²) in [5.41, 5.74) is 3.54. The zero-order valence-corrected chi connectivity index (χ0v) is 13.1. The molecule has 0 unspecified atom stereocenters. The van der Waals surface area contributed by atoms with E-state index in [1.54, 1.807) is 18.2 Å². The van der Waals surface area contributed by atoms with E-state index >= 15 is 0 Å². The van der Waals surface area contributed by atoms with Gasteiger partial charge in [-0.25, -0.2) is 4.98 Å². The molecule has 0 aliphatic rings. The summed E-state index contributed by atoms with van der Waals surface area (Å²) in [5, 5.41) is 11.0. The Morgan fingerprint density at radius 3 is 2.70 bits per heavy atom. The van der Waals surface area contributed by atoms with Gasteiger partial charge in [-0.15, -0.1) is 0 Å². The number of aromatic nitrogens is 2. The number of phenolic OH excluding ortho intramolecular Hbond substituents is 1. The predicted octanol–water partition coefficient (Wildman–Crippen LogP) is 4.95. The van der Waals surface area contributed by atoms with Crippen molar-refractivity contribution in [3.05, 3.63) is 65.4 Å². The first-order valence-corrected chi connectivity index (χ1v) is 7.53. The normalized spacial score (nSPS) is 11.2. The van der Waals surface area contributed by atoms with E-state index in [4.69, 9.17) is 16.0 Å². The first kappa shape index (κ1) is 13.9. The third-order valence-corrected chi connectivity index (χ3v) is 4.00. The lowest BCUT2D eigenvalue weighted by atomic mass is 10.1. The fourth-order valence-electron chi connectivity index (χ4n) is 2.60. The van der Waals surface area contributed by atoms with Gasteiger partial charge in [0.1, 0.15) is 11.3 Å². The highest BCUT2D eigenvalue weighted by atomic mass is 35.5.